The van der Waals surface area contributed by atoms with E-state index in [-0.39, 0.29) is 36.4 Å². The maximum absolute atomic E-state index is 15.1. The Bertz CT molecular complexity index is 1130. The zero-order valence-electron chi connectivity index (χ0n) is 19.9. The van der Waals surface area contributed by atoms with Crippen molar-refractivity contribution >= 4 is 22.6 Å². The minimum atomic E-state index is -0.575. The van der Waals surface area contributed by atoms with Crippen LogP contribution in [0, 0.1) is 5.82 Å². The molecule has 0 aliphatic heterocycles. The largest absolute Gasteiger partial charge is 0.466 e. The van der Waals surface area contributed by atoms with Gasteiger partial charge in [0.05, 0.1) is 23.2 Å². The van der Waals surface area contributed by atoms with E-state index in [9.17, 15) is 14.4 Å². The quantitative estimate of drug-likeness (QED) is 0.421. The number of anilines is 1. The van der Waals surface area contributed by atoms with Crippen LogP contribution in [0.15, 0.2) is 21.7 Å². The third kappa shape index (κ3) is 5.28. The van der Waals surface area contributed by atoms with Crippen LogP contribution < -0.4 is 22.0 Å². The Morgan fingerprint density at radius 3 is 2.50 bits per heavy atom. The first-order valence-electron chi connectivity index (χ1n) is 12.7. The number of esters is 1. The molecule has 0 radical (unpaired) electrons. The van der Waals surface area contributed by atoms with Gasteiger partial charge in [0.1, 0.15) is 5.82 Å². The minimum absolute atomic E-state index is 0.0313. The fourth-order valence-corrected chi connectivity index (χ4v) is 5.24. The molecule has 0 bridgehead atoms. The van der Waals surface area contributed by atoms with Crippen molar-refractivity contribution in [1.29, 1.82) is 0 Å². The fraction of sp³-hybridized carbons (Fsp3) is 0.640. The van der Waals surface area contributed by atoms with Crippen molar-refractivity contribution in [2.24, 2.45) is 0 Å². The Morgan fingerprint density at radius 2 is 1.79 bits per heavy atom. The number of hydrogen-bond donors (Lipinski definition) is 2. The highest BCUT2D eigenvalue weighted by Crippen LogP contribution is 2.32. The minimum Gasteiger partial charge on any atom is -0.466 e. The second-order valence-electron chi connectivity index (χ2n) is 9.38. The lowest BCUT2D eigenvalue weighted by atomic mass is 9.95. The summed E-state index contributed by atoms with van der Waals surface area (Å²) >= 11 is 0. The van der Waals surface area contributed by atoms with E-state index < -0.39 is 17.1 Å². The van der Waals surface area contributed by atoms with Crippen molar-refractivity contribution in [3.63, 3.8) is 0 Å². The highest BCUT2D eigenvalue weighted by molar-refractivity contribution is 5.82. The van der Waals surface area contributed by atoms with Gasteiger partial charge < -0.3 is 15.5 Å². The molecule has 0 unspecified atom stereocenters. The van der Waals surface area contributed by atoms with Gasteiger partial charge in [-0.25, -0.2) is 9.18 Å². The van der Waals surface area contributed by atoms with E-state index >= 15 is 4.39 Å². The van der Waals surface area contributed by atoms with E-state index in [1.807, 2.05) is 0 Å². The molecule has 9 heteroatoms. The third-order valence-corrected chi connectivity index (χ3v) is 6.96. The SMILES string of the molecule is CCOC(=O)CCCNn1c(=O)c2cc(F)c(NC3CCCCC3)cc2n(C2CCCC2)c1=O. The summed E-state index contributed by atoms with van der Waals surface area (Å²) in [7, 11) is 0. The van der Waals surface area contributed by atoms with Crippen molar-refractivity contribution < 1.29 is 13.9 Å². The molecular weight excluding hydrogens is 439 g/mol. The molecule has 0 spiro atoms. The fourth-order valence-electron chi connectivity index (χ4n) is 5.24. The normalized spacial score (nSPS) is 17.2. The van der Waals surface area contributed by atoms with Crippen LogP contribution in [0.5, 0.6) is 0 Å². The molecular formula is C25H35FN4O4. The van der Waals surface area contributed by atoms with Crippen LogP contribution in [0.1, 0.15) is 83.6 Å². The van der Waals surface area contributed by atoms with Crippen molar-refractivity contribution in [1.82, 2.24) is 9.24 Å². The highest BCUT2D eigenvalue weighted by atomic mass is 19.1. The van der Waals surface area contributed by atoms with Gasteiger partial charge in [-0.2, -0.15) is 4.68 Å². The summed E-state index contributed by atoms with van der Waals surface area (Å²) < 4.78 is 22.6. The molecule has 0 amide bonds. The lowest BCUT2D eigenvalue weighted by molar-refractivity contribution is -0.143. The molecule has 0 saturated heterocycles. The van der Waals surface area contributed by atoms with E-state index in [1.165, 1.54) is 12.5 Å². The predicted molar refractivity (Wildman–Crippen MR) is 131 cm³/mol. The standard InChI is InChI=1S/C25H35FN4O4/c1-2-34-23(31)13-8-14-27-30-24(32)19-15-20(26)21(28-17-9-4-3-5-10-17)16-22(19)29(25(30)33)18-11-6-7-12-18/h15-18,27-28H,2-14H2,1H3. The number of halogens is 1. The van der Waals surface area contributed by atoms with Gasteiger partial charge in [-0.1, -0.05) is 32.1 Å². The molecule has 2 aliphatic rings. The number of carbonyl (C=O) groups excluding carboxylic acids is 1. The summed E-state index contributed by atoms with van der Waals surface area (Å²) in [6.45, 7) is 2.30. The van der Waals surface area contributed by atoms with Crippen LogP contribution in [0.3, 0.4) is 0 Å². The van der Waals surface area contributed by atoms with E-state index in [1.54, 1.807) is 17.6 Å². The molecule has 1 aromatic heterocycles. The summed E-state index contributed by atoms with van der Waals surface area (Å²) in [6.07, 6.45) is 9.73. The van der Waals surface area contributed by atoms with Crippen molar-refractivity contribution in [2.75, 3.05) is 23.9 Å². The molecule has 1 aromatic carbocycles. The van der Waals surface area contributed by atoms with Crippen LogP contribution in [-0.4, -0.2) is 34.4 Å². The summed E-state index contributed by atoms with van der Waals surface area (Å²) in [5, 5.41) is 3.49. The van der Waals surface area contributed by atoms with Gasteiger partial charge in [0.25, 0.3) is 5.56 Å². The molecule has 8 nitrogen and oxygen atoms in total. The van der Waals surface area contributed by atoms with Crippen LogP contribution in [0.2, 0.25) is 0 Å². The summed E-state index contributed by atoms with van der Waals surface area (Å²) in [5.74, 6) is -0.806. The molecule has 2 aromatic rings. The van der Waals surface area contributed by atoms with Gasteiger partial charge in [-0.15, -0.1) is 0 Å². The van der Waals surface area contributed by atoms with Crippen LogP contribution in [0.4, 0.5) is 10.1 Å². The molecule has 1 heterocycles. The molecule has 0 atom stereocenters. The van der Waals surface area contributed by atoms with Gasteiger partial charge in [-0.05, 0) is 51.2 Å². The Balaban J connectivity index is 1.68. The first-order chi connectivity index (χ1) is 16.5. The summed E-state index contributed by atoms with van der Waals surface area (Å²) in [5.41, 5.74) is 2.67. The number of nitrogens with one attached hydrogen (secondary N) is 2. The molecule has 2 fully saturated rings. The van der Waals surface area contributed by atoms with Crippen LogP contribution >= 0.6 is 0 Å². The molecule has 2 aliphatic carbocycles. The lowest BCUT2D eigenvalue weighted by Gasteiger charge is -2.25. The maximum atomic E-state index is 15.1. The second-order valence-corrected chi connectivity index (χ2v) is 9.38. The average Bonchev–Trinajstić information content (AvgIpc) is 3.35. The van der Waals surface area contributed by atoms with E-state index in [4.69, 9.17) is 4.74 Å². The van der Waals surface area contributed by atoms with Crippen molar-refractivity contribution in [3.05, 3.63) is 38.8 Å². The van der Waals surface area contributed by atoms with Gasteiger partial charge in [0, 0.05) is 25.0 Å². The Morgan fingerprint density at radius 1 is 1.09 bits per heavy atom. The number of fused-ring (bicyclic) bond motifs is 1. The number of carbonyl (C=O) groups is 1. The van der Waals surface area contributed by atoms with E-state index in [0.717, 1.165) is 56.0 Å². The van der Waals surface area contributed by atoms with Gasteiger partial charge in [0.15, 0.2) is 0 Å². The zero-order chi connectivity index (χ0) is 24.1. The number of benzene rings is 1. The third-order valence-electron chi connectivity index (χ3n) is 6.96. The zero-order valence-corrected chi connectivity index (χ0v) is 19.9. The van der Waals surface area contributed by atoms with Gasteiger partial charge in [0.2, 0.25) is 0 Å². The number of rotatable bonds is 9. The van der Waals surface area contributed by atoms with E-state index in [0.29, 0.717) is 24.2 Å². The topological polar surface area (TPSA) is 94.4 Å². The second kappa shape index (κ2) is 11.1. The molecule has 2 N–H and O–H groups in total. The molecule has 34 heavy (non-hydrogen) atoms. The number of nitrogens with zero attached hydrogens (tertiary/aromatic N) is 2. The first-order valence-corrected chi connectivity index (χ1v) is 12.7. The van der Waals surface area contributed by atoms with Crippen molar-refractivity contribution in [3.8, 4) is 0 Å². The Labute approximate surface area is 198 Å². The number of aromatic nitrogens is 2. The summed E-state index contributed by atoms with van der Waals surface area (Å²) in [4.78, 5) is 38.2. The number of ether oxygens (including phenoxy) is 1. The molecule has 186 valence electrons. The Kier molecular flexibility index (Phi) is 7.90. The molecule has 2 saturated carbocycles. The first kappa shape index (κ1) is 24.3. The van der Waals surface area contributed by atoms with E-state index in [2.05, 4.69) is 10.7 Å². The monoisotopic (exact) mass is 474 g/mol. The predicted octanol–water partition coefficient (Wildman–Crippen LogP) is 4.05. The smallest absolute Gasteiger partial charge is 0.350 e. The van der Waals surface area contributed by atoms with Gasteiger partial charge in [-0.3, -0.25) is 14.2 Å². The number of hydrogen-bond acceptors (Lipinski definition) is 6. The van der Waals surface area contributed by atoms with Crippen LogP contribution in [0.25, 0.3) is 10.9 Å². The van der Waals surface area contributed by atoms with Gasteiger partial charge >= 0.3 is 11.7 Å². The van der Waals surface area contributed by atoms with Crippen LogP contribution in [-0.2, 0) is 9.53 Å². The maximum Gasteiger partial charge on any atom is 0.350 e. The highest BCUT2D eigenvalue weighted by Gasteiger charge is 2.25. The lowest BCUT2D eigenvalue weighted by Crippen LogP contribution is -2.46. The summed E-state index contributed by atoms with van der Waals surface area (Å²) in [6, 6.07) is 3.07. The average molecular weight is 475 g/mol. The molecule has 4 rings (SSSR count). The van der Waals surface area contributed by atoms with Crippen molar-refractivity contribution in [2.45, 2.75) is 89.6 Å². The Hall–Kier alpha value is -2.84.